The van der Waals surface area contributed by atoms with Gasteiger partial charge in [-0.3, -0.25) is 14.5 Å². The molecule has 31 heavy (non-hydrogen) atoms. The second kappa shape index (κ2) is 7.45. The summed E-state index contributed by atoms with van der Waals surface area (Å²) in [7, 11) is 1.60. The summed E-state index contributed by atoms with van der Waals surface area (Å²) in [5, 5.41) is 4.23. The van der Waals surface area contributed by atoms with Crippen molar-refractivity contribution < 1.29 is 14.3 Å². The van der Waals surface area contributed by atoms with E-state index in [-0.39, 0.29) is 17.9 Å². The SMILES string of the molecule is COc1cccc(N2C(=O)c3cc4ccccc4n3C[C@]2(C)C(=O)NC2CCCC2)c1. The number of benzene rings is 2. The van der Waals surface area contributed by atoms with E-state index >= 15 is 0 Å². The average molecular weight is 418 g/mol. The molecule has 0 saturated heterocycles. The molecule has 1 saturated carbocycles. The number of nitrogens with one attached hydrogen (secondary N) is 1. The Morgan fingerprint density at radius 1 is 1.10 bits per heavy atom. The van der Waals surface area contributed by atoms with Crippen molar-refractivity contribution in [2.45, 2.75) is 50.7 Å². The van der Waals surface area contributed by atoms with Gasteiger partial charge in [-0.1, -0.05) is 37.1 Å². The molecule has 6 nitrogen and oxygen atoms in total. The number of para-hydroxylation sites is 1. The third-order valence-electron chi connectivity index (χ3n) is 6.68. The van der Waals surface area contributed by atoms with Crippen molar-refractivity contribution in [3.8, 4) is 5.75 Å². The maximum absolute atomic E-state index is 13.8. The van der Waals surface area contributed by atoms with Gasteiger partial charge in [-0.05, 0) is 44.0 Å². The first-order valence-electron chi connectivity index (χ1n) is 10.9. The molecule has 1 N–H and O–H groups in total. The van der Waals surface area contributed by atoms with Crippen LogP contribution in [-0.2, 0) is 11.3 Å². The number of nitrogens with zero attached hydrogens (tertiary/aromatic N) is 2. The first-order valence-corrected chi connectivity index (χ1v) is 10.9. The Bertz CT molecular complexity index is 1160. The topological polar surface area (TPSA) is 63.6 Å². The Morgan fingerprint density at radius 3 is 2.65 bits per heavy atom. The lowest BCUT2D eigenvalue weighted by Gasteiger charge is -2.44. The third-order valence-corrected chi connectivity index (χ3v) is 6.68. The van der Waals surface area contributed by atoms with E-state index in [1.165, 1.54) is 0 Å². The summed E-state index contributed by atoms with van der Waals surface area (Å²) >= 11 is 0. The molecule has 1 aromatic heterocycles. The molecule has 0 unspecified atom stereocenters. The van der Waals surface area contributed by atoms with Crippen molar-refractivity contribution in [2.75, 3.05) is 12.0 Å². The van der Waals surface area contributed by atoms with Gasteiger partial charge >= 0.3 is 0 Å². The van der Waals surface area contributed by atoms with E-state index in [1.54, 1.807) is 12.0 Å². The number of rotatable bonds is 4. The van der Waals surface area contributed by atoms with Gasteiger partial charge in [-0.25, -0.2) is 0 Å². The molecular formula is C25H27N3O3. The van der Waals surface area contributed by atoms with E-state index in [2.05, 4.69) is 5.32 Å². The number of carbonyl (C=O) groups is 2. The van der Waals surface area contributed by atoms with Crippen molar-refractivity contribution in [2.24, 2.45) is 0 Å². The second-order valence-electron chi connectivity index (χ2n) is 8.75. The van der Waals surface area contributed by atoms with E-state index in [4.69, 9.17) is 4.74 Å². The Morgan fingerprint density at radius 2 is 1.87 bits per heavy atom. The van der Waals surface area contributed by atoms with Crippen LogP contribution in [0, 0.1) is 0 Å². The lowest BCUT2D eigenvalue weighted by atomic mass is 9.93. The summed E-state index contributed by atoms with van der Waals surface area (Å²) in [5.74, 6) is 0.355. The molecular weight excluding hydrogens is 390 g/mol. The summed E-state index contributed by atoms with van der Waals surface area (Å²) < 4.78 is 7.38. The van der Waals surface area contributed by atoms with E-state index < -0.39 is 5.54 Å². The molecule has 6 heteroatoms. The second-order valence-corrected chi connectivity index (χ2v) is 8.75. The number of amides is 2. The minimum Gasteiger partial charge on any atom is -0.497 e. The number of fused-ring (bicyclic) bond motifs is 3. The number of carbonyl (C=O) groups excluding carboxylic acids is 2. The summed E-state index contributed by atoms with van der Waals surface area (Å²) in [5.41, 5.74) is 1.15. The molecule has 5 rings (SSSR count). The third kappa shape index (κ3) is 3.17. The fourth-order valence-corrected chi connectivity index (χ4v) is 5.01. The lowest BCUT2D eigenvalue weighted by Crippen LogP contribution is -2.65. The Kier molecular flexibility index (Phi) is 4.73. The summed E-state index contributed by atoms with van der Waals surface area (Å²) in [6, 6.07) is 17.4. The number of anilines is 1. The van der Waals surface area contributed by atoms with Crippen molar-refractivity contribution in [3.05, 3.63) is 60.3 Å². The quantitative estimate of drug-likeness (QED) is 0.694. The maximum atomic E-state index is 13.8. The molecule has 0 bridgehead atoms. The zero-order valence-corrected chi connectivity index (χ0v) is 17.9. The van der Waals surface area contributed by atoms with Crippen LogP contribution < -0.4 is 15.0 Å². The van der Waals surface area contributed by atoms with Crippen LogP contribution in [-0.4, -0.2) is 35.1 Å². The molecule has 160 valence electrons. The lowest BCUT2D eigenvalue weighted by molar-refractivity contribution is -0.127. The van der Waals surface area contributed by atoms with Gasteiger partial charge in [-0.15, -0.1) is 0 Å². The molecule has 0 spiro atoms. The number of hydrogen-bond acceptors (Lipinski definition) is 3. The zero-order valence-electron chi connectivity index (χ0n) is 17.9. The van der Waals surface area contributed by atoms with Gasteiger partial charge < -0.3 is 14.6 Å². The Hall–Kier alpha value is -3.28. The fourth-order valence-electron chi connectivity index (χ4n) is 5.01. The van der Waals surface area contributed by atoms with E-state index in [0.29, 0.717) is 23.7 Å². The summed E-state index contributed by atoms with van der Waals surface area (Å²) in [6.07, 6.45) is 4.25. The summed E-state index contributed by atoms with van der Waals surface area (Å²) in [4.78, 5) is 29.2. The fraction of sp³-hybridized carbons (Fsp3) is 0.360. The van der Waals surface area contributed by atoms with Gasteiger partial charge in [0.2, 0.25) is 5.91 Å². The number of methoxy groups -OCH3 is 1. The standard InChI is InChI=1S/C25H27N3O3/c1-25(24(30)26-18-9-4-5-10-18)16-27-21-13-6-3-8-17(21)14-22(27)23(29)28(25)19-11-7-12-20(15-19)31-2/h3,6-8,11-15,18H,4-5,9-10,16H2,1-2H3,(H,26,30)/t25-/m1/s1. The van der Waals surface area contributed by atoms with Gasteiger partial charge in [0.1, 0.15) is 17.0 Å². The molecule has 2 aliphatic rings. The summed E-state index contributed by atoms with van der Waals surface area (Å²) in [6.45, 7) is 2.25. The predicted octanol–water partition coefficient (Wildman–Crippen LogP) is 4.13. The molecule has 1 fully saturated rings. The van der Waals surface area contributed by atoms with Crippen molar-refractivity contribution >= 4 is 28.4 Å². The number of hydrogen-bond donors (Lipinski definition) is 1. The Balaban J connectivity index is 1.64. The number of aromatic nitrogens is 1. The van der Waals surface area contributed by atoms with E-state index in [9.17, 15) is 9.59 Å². The minimum absolute atomic E-state index is 0.112. The van der Waals surface area contributed by atoms with Crippen LogP contribution in [0.25, 0.3) is 10.9 Å². The van der Waals surface area contributed by atoms with Crippen molar-refractivity contribution in [1.82, 2.24) is 9.88 Å². The monoisotopic (exact) mass is 417 g/mol. The molecule has 2 heterocycles. The molecule has 2 amide bonds. The predicted molar refractivity (Wildman–Crippen MR) is 121 cm³/mol. The van der Waals surface area contributed by atoms with Crippen molar-refractivity contribution in [1.29, 1.82) is 0 Å². The zero-order chi connectivity index (χ0) is 21.6. The normalized spacial score (nSPS) is 21.4. The largest absolute Gasteiger partial charge is 0.497 e. The molecule has 0 radical (unpaired) electrons. The van der Waals surface area contributed by atoms with E-state index in [0.717, 1.165) is 36.6 Å². The molecule has 2 aromatic carbocycles. The van der Waals surface area contributed by atoms with Crippen LogP contribution in [0.15, 0.2) is 54.6 Å². The van der Waals surface area contributed by atoms with Crippen LogP contribution in [0.1, 0.15) is 43.1 Å². The van der Waals surface area contributed by atoms with Crippen LogP contribution in [0.2, 0.25) is 0 Å². The average Bonchev–Trinajstić information content (AvgIpc) is 3.42. The highest BCUT2D eigenvalue weighted by Gasteiger charge is 2.49. The van der Waals surface area contributed by atoms with Crippen LogP contribution >= 0.6 is 0 Å². The minimum atomic E-state index is -1.07. The highest BCUT2D eigenvalue weighted by molar-refractivity contribution is 6.14. The van der Waals surface area contributed by atoms with Gasteiger partial charge in [0, 0.05) is 28.7 Å². The highest BCUT2D eigenvalue weighted by atomic mass is 16.5. The maximum Gasteiger partial charge on any atom is 0.275 e. The van der Waals surface area contributed by atoms with E-state index in [1.807, 2.05) is 66.1 Å². The first kappa shape index (κ1) is 19.7. The number of ether oxygens (including phenoxy) is 1. The molecule has 3 aromatic rings. The van der Waals surface area contributed by atoms with Crippen molar-refractivity contribution in [3.63, 3.8) is 0 Å². The first-order chi connectivity index (χ1) is 15.0. The molecule has 1 aliphatic carbocycles. The van der Waals surface area contributed by atoms with Crippen LogP contribution in [0.3, 0.4) is 0 Å². The molecule has 1 aliphatic heterocycles. The molecule has 1 atom stereocenters. The van der Waals surface area contributed by atoms with Gasteiger partial charge in [0.05, 0.1) is 13.7 Å². The smallest absolute Gasteiger partial charge is 0.275 e. The van der Waals surface area contributed by atoms with Gasteiger partial charge in [0.25, 0.3) is 5.91 Å². The highest BCUT2D eigenvalue weighted by Crippen LogP contribution is 2.37. The van der Waals surface area contributed by atoms with Crippen LogP contribution in [0.4, 0.5) is 5.69 Å². The van der Waals surface area contributed by atoms with Gasteiger partial charge in [-0.2, -0.15) is 0 Å². The van der Waals surface area contributed by atoms with Gasteiger partial charge in [0.15, 0.2) is 0 Å². The Labute approximate surface area is 181 Å². The van der Waals surface area contributed by atoms with Crippen LogP contribution in [0.5, 0.6) is 5.75 Å².